The summed E-state index contributed by atoms with van der Waals surface area (Å²) >= 11 is 0. The van der Waals surface area contributed by atoms with Gasteiger partial charge in [0.05, 0.1) is 26.4 Å². The summed E-state index contributed by atoms with van der Waals surface area (Å²) in [5.74, 6) is 0.0348. The van der Waals surface area contributed by atoms with Crippen molar-refractivity contribution in [2.75, 3.05) is 39.6 Å². The molecule has 1 atom stereocenters. The number of rotatable bonds is 0. The van der Waals surface area contributed by atoms with Crippen molar-refractivity contribution in [2.24, 2.45) is 5.92 Å². The third kappa shape index (κ3) is 6.07. The Morgan fingerprint density at radius 3 is 1.68 bits per heavy atom. The fraction of sp³-hybridized carbons (Fsp3) is 0.905. The summed E-state index contributed by atoms with van der Waals surface area (Å²) < 4.78 is 26.9. The first-order chi connectivity index (χ1) is 13.5. The maximum atomic E-state index is 11.2. The van der Waals surface area contributed by atoms with Gasteiger partial charge >= 0.3 is 0 Å². The molecule has 0 aromatic heterocycles. The molecule has 2 saturated carbocycles. The van der Waals surface area contributed by atoms with Gasteiger partial charge in [0.25, 0.3) is 0 Å². The quantitative estimate of drug-likeness (QED) is 0.621. The standard InChI is InChI=1S/C9H14O3.C8H12O3.C4H8O/c1-7-6-9(3-2-8(7)10)11-4-5-12-9;9-7-1-3-8(4-2-7)10-5-6-11-8;1-2-4-5-3-1/h7H,2-6H2,1H3;1-6H2;1-4H2. The molecule has 5 aliphatic rings. The molecule has 160 valence electrons. The molecule has 0 aromatic rings. The van der Waals surface area contributed by atoms with Crippen LogP contribution in [0.15, 0.2) is 0 Å². The minimum Gasteiger partial charge on any atom is -0.381 e. The summed E-state index contributed by atoms with van der Waals surface area (Å²) in [6.45, 7) is 6.69. The molecule has 0 amide bonds. The van der Waals surface area contributed by atoms with Crippen LogP contribution in [0.25, 0.3) is 0 Å². The maximum absolute atomic E-state index is 11.2. The number of carbonyl (C=O) groups excluding carboxylic acids is 2. The molecule has 0 bridgehead atoms. The van der Waals surface area contributed by atoms with Crippen LogP contribution in [0.2, 0.25) is 0 Å². The van der Waals surface area contributed by atoms with Gasteiger partial charge in [-0.25, -0.2) is 0 Å². The molecule has 0 N–H and O–H groups in total. The Bertz CT molecular complexity index is 497. The third-order valence-corrected chi connectivity index (χ3v) is 5.94. The van der Waals surface area contributed by atoms with Crippen molar-refractivity contribution in [3.05, 3.63) is 0 Å². The van der Waals surface area contributed by atoms with Gasteiger partial charge in [-0.05, 0) is 12.8 Å². The van der Waals surface area contributed by atoms with E-state index in [2.05, 4.69) is 0 Å². The summed E-state index contributed by atoms with van der Waals surface area (Å²) in [6.07, 6.45) is 7.42. The Morgan fingerprint density at radius 2 is 1.21 bits per heavy atom. The van der Waals surface area contributed by atoms with Crippen molar-refractivity contribution in [1.29, 1.82) is 0 Å². The van der Waals surface area contributed by atoms with Crippen molar-refractivity contribution < 1.29 is 33.3 Å². The summed E-state index contributed by atoms with van der Waals surface area (Å²) in [4.78, 5) is 22.1. The third-order valence-electron chi connectivity index (χ3n) is 5.94. The average Bonchev–Trinajstić information content (AvgIpc) is 3.47. The van der Waals surface area contributed by atoms with E-state index in [1.165, 1.54) is 12.8 Å². The predicted octanol–water partition coefficient (Wildman–Crippen LogP) is 2.79. The number of carbonyl (C=O) groups is 2. The van der Waals surface area contributed by atoms with Gasteiger partial charge in [-0.3, -0.25) is 9.59 Å². The molecule has 7 nitrogen and oxygen atoms in total. The van der Waals surface area contributed by atoms with E-state index in [0.717, 1.165) is 38.9 Å². The van der Waals surface area contributed by atoms with Gasteiger partial charge in [0.2, 0.25) is 0 Å². The molecule has 2 aliphatic carbocycles. The lowest BCUT2D eigenvalue weighted by molar-refractivity contribution is -0.187. The minimum atomic E-state index is -0.396. The topological polar surface area (TPSA) is 80.3 Å². The van der Waals surface area contributed by atoms with E-state index in [9.17, 15) is 9.59 Å². The molecule has 0 radical (unpaired) electrons. The Labute approximate surface area is 167 Å². The Morgan fingerprint density at radius 1 is 0.714 bits per heavy atom. The van der Waals surface area contributed by atoms with Gasteiger partial charge < -0.3 is 23.7 Å². The zero-order valence-electron chi connectivity index (χ0n) is 17.0. The lowest BCUT2D eigenvalue weighted by Crippen LogP contribution is -2.39. The first-order valence-electron chi connectivity index (χ1n) is 10.7. The van der Waals surface area contributed by atoms with E-state index in [4.69, 9.17) is 23.7 Å². The van der Waals surface area contributed by atoms with Gasteiger partial charge in [-0.2, -0.15) is 0 Å². The first kappa shape index (κ1) is 21.8. The molecule has 3 heterocycles. The van der Waals surface area contributed by atoms with Crippen molar-refractivity contribution in [3.63, 3.8) is 0 Å². The highest BCUT2D eigenvalue weighted by Crippen LogP contribution is 2.37. The van der Waals surface area contributed by atoms with Crippen LogP contribution in [0, 0.1) is 5.92 Å². The molecule has 3 saturated heterocycles. The van der Waals surface area contributed by atoms with Crippen LogP contribution in [0.1, 0.15) is 64.7 Å². The molecular weight excluding hydrogens is 364 g/mol. The largest absolute Gasteiger partial charge is 0.381 e. The summed E-state index contributed by atoms with van der Waals surface area (Å²) in [5, 5.41) is 0. The van der Waals surface area contributed by atoms with Crippen LogP contribution in [0.3, 0.4) is 0 Å². The molecule has 28 heavy (non-hydrogen) atoms. The second-order valence-electron chi connectivity index (χ2n) is 8.14. The Hall–Kier alpha value is -0.860. The van der Waals surface area contributed by atoms with Crippen molar-refractivity contribution in [1.82, 2.24) is 0 Å². The molecule has 1 unspecified atom stereocenters. The van der Waals surface area contributed by atoms with Gasteiger partial charge in [0.15, 0.2) is 11.6 Å². The fourth-order valence-electron chi connectivity index (χ4n) is 4.21. The van der Waals surface area contributed by atoms with Crippen LogP contribution in [-0.2, 0) is 33.3 Å². The molecular formula is C21H34O7. The predicted molar refractivity (Wildman–Crippen MR) is 101 cm³/mol. The average molecular weight is 398 g/mol. The van der Waals surface area contributed by atoms with E-state index in [1.807, 2.05) is 6.92 Å². The van der Waals surface area contributed by atoms with Crippen molar-refractivity contribution in [2.45, 2.75) is 76.3 Å². The monoisotopic (exact) mass is 398 g/mol. The molecule has 0 aromatic carbocycles. The van der Waals surface area contributed by atoms with Gasteiger partial charge in [0, 0.05) is 64.1 Å². The second kappa shape index (κ2) is 10.3. The second-order valence-corrected chi connectivity index (χ2v) is 8.14. The van der Waals surface area contributed by atoms with Crippen molar-refractivity contribution in [3.8, 4) is 0 Å². The van der Waals surface area contributed by atoms with E-state index < -0.39 is 5.79 Å². The number of Topliss-reactive ketones (excluding diaryl/α,β-unsaturated/α-hetero) is 2. The van der Waals surface area contributed by atoms with Crippen LogP contribution >= 0.6 is 0 Å². The Kier molecular flexibility index (Phi) is 8.00. The molecule has 5 rings (SSSR count). The van der Waals surface area contributed by atoms with E-state index in [1.54, 1.807) is 0 Å². The van der Waals surface area contributed by atoms with Gasteiger partial charge in [-0.15, -0.1) is 0 Å². The number of ether oxygens (including phenoxy) is 5. The van der Waals surface area contributed by atoms with E-state index in [0.29, 0.717) is 57.3 Å². The highest BCUT2D eigenvalue weighted by molar-refractivity contribution is 5.81. The number of ketones is 2. The van der Waals surface area contributed by atoms with Gasteiger partial charge in [-0.1, -0.05) is 6.92 Å². The number of hydrogen-bond acceptors (Lipinski definition) is 7. The molecule has 3 aliphatic heterocycles. The maximum Gasteiger partial charge on any atom is 0.169 e. The zero-order chi connectivity index (χ0) is 19.9. The summed E-state index contributed by atoms with van der Waals surface area (Å²) in [5.41, 5.74) is 0. The smallest absolute Gasteiger partial charge is 0.169 e. The van der Waals surface area contributed by atoms with Crippen LogP contribution < -0.4 is 0 Å². The minimum absolute atomic E-state index is 0.108. The van der Waals surface area contributed by atoms with E-state index >= 15 is 0 Å². The Balaban J connectivity index is 0.000000130. The van der Waals surface area contributed by atoms with Crippen LogP contribution in [0.4, 0.5) is 0 Å². The van der Waals surface area contributed by atoms with Crippen LogP contribution in [-0.4, -0.2) is 62.8 Å². The normalized spacial score (nSPS) is 30.7. The molecule has 5 fully saturated rings. The first-order valence-corrected chi connectivity index (χ1v) is 10.7. The SMILES string of the molecule is C1CCOC1.CC1CC2(CCC1=O)OCCO2.O=C1CCC2(CC1)OCCO2. The lowest BCUT2D eigenvalue weighted by Gasteiger charge is -2.33. The fourth-order valence-corrected chi connectivity index (χ4v) is 4.21. The number of hydrogen-bond donors (Lipinski definition) is 0. The lowest BCUT2D eigenvalue weighted by atomic mass is 9.85. The van der Waals surface area contributed by atoms with Crippen LogP contribution in [0.5, 0.6) is 0 Å². The molecule has 2 spiro atoms. The zero-order valence-corrected chi connectivity index (χ0v) is 17.0. The van der Waals surface area contributed by atoms with Crippen molar-refractivity contribution >= 4 is 11.6 Å². The summed E-state index contributed by atoms with van der Waals surface area (Å²) in [7, 11) is 0. The summed E-state index contributed by atoms with van der Waals surface area (Å²) in [6, 6.07) is 0. The van der Waals surface area contributed by atoms with E-state index in [-0.39, 0.29) is 11.7 Å². The highest BCUT2D eigenvalue weighted by Gasteiger charge is 2.43. The molecule has 7 heteroatoms. The van der Waals surface area contributed by atoms with Gasteiger partial charge in [0.1, 0.15) is 11.6 Å². The highest BCUT2D eigenvalue weighted by atomic mass is 16.7.